The smallest absolute Gasteiger partial charge is 0.310 e. The van der Waals surface area contributed by atoms with E-state index in [1.165, 1.54) is 13.0 Å². The summed E-state index contributed by atoms with van der Waals surface area (Å²) in [5.41, 5.74) is -0.503. The van der Waals surface area contributed by atoms with Crippen molar-refractivity contribution in [3.05, 3.63) is 46.8 Å². The first-order chi connectivity index (χ1) is 16.1. The first kappa shape index (κ1) is 26.5. The van der Waals surface area contributed by atoms with Crippen molar-refractivity contribution < 1.29 is 42.8 Å². The summed E-state index contributed by atoms with van der Waals surface area (Å²) in [5.74, 6) is -2.89. The molecule has 2 aromatic carbocycles. The number of benzene rings is 2. The average molecular weight is 526 g/mol. The van der Waals surface area contributed by atoms with Crippen LogP contribution in [0.15, 0.2) is 29.2 Å². The molecule has 6 nitrogen and oxygen atoms in total. The Morgan fingerprint density at radius 1 is 0.971 bits per heavy atom. The molecule has 35 heavy (non-hydrogen) atoms. The van der Waals surface area contributed by atoms with E-state index in [1.54, 1.807) is 13.8 Å². The van der Waals surface area contributed by atoms with Crippen molar-refractivity contribution in [3.63, 3.8) is 0 Å². The van der Waals surface area contributed by atoms with E-state index in [0.717, 1.165) is 11.0 Å². The zero-order valence-corrected chi connectivity index (χ0v) is 19.9. The van der Waals surface area contributed by atoms with E-state index >= 15 is 4.39 Å². The molecule has 0 aliphatic carbocycles. The van der Waals surface area contributed by atoms with Gasteiger partial charge in [-0.2, -0.15) is 0 Å². The van der Waals surface area contributed by atoms with Crippen LogP contribution in [0.2, 0.25) is 0 Å². The van der Waals surface area contributed by atoms with Crippen molar-refractivity contribution in [1.82, 2.24) is 4.90 Å². The lowest BCUT2D eigenvalue weighted by molar-refractivity contribution is 0.0962. The van der Waals surface area contributed by atoms with E-state index in [2.05, 4.69) is 0 Å². The number of fused-ring (bicyclic) bond motifs is 1. The quantitative estimate of drug-likeness (QED) is 0.276. The van der Waals surface area contributed by atoms with Gasteiger partial charge in [0.15, 0.2) is 23.1 Å². The van der Waals surface area contributed by atoms with Gasteiger partial charge >= 0.3 is 10.2 Å². The third-order valence-corrected chi connectivity index (χ3v) is 6.19. The molecule has 0 fully saturated rings. The molecular formula is C22H24F6N2O4S. The molecule has 0 spiro atoms. The van der Waals surface area contributed by atoms with E-state index in [4.69, 9.17) is 19.6 Å². The van der Waals surface area contributed by atoms with Gasteiger partial charge < -0.3 is 19.1 Å². The van der Waals surface area contributed by atoms with Gasteiger partial charge in [0.1, 0.15) is 16.5 Å². The minimum Gasteiger partial charge on any atom is -0.494 e. The maximum Gasteiger partial charge on any atom is 0.310 e. The monoisotopic (exact) mass is 526 g/mol. The Hall–Kier alpha value is -3.09. The van der Waals surface area contributed by atoms with Gasteiger partial charge in [0.25, 0.3) is 0 Å². The standard InChI is InChI=1S/C22H24F6N2O4S/c1-4-32-15-7-13(8-16(10-15)35(24,25,26,27)28)17(31)12-30-11-14-9-18(33-5-2)21(34-6-3)20(23)19(14)22(30)29/h7-10,29H,4-6,11-12H2,1-3H3. The molecule has 0 saturated carbocycles. The molecule has 0 bridgehead atoms. The summed E-state index contributed by atoms with van der Waals surface area (Å²) >= 11 is 0. The Labute approximate surface area is 198 Å². The summed E-state index contributed by atoms with van der Waals surface area (Å²) in [4.78, 5) is 11.7. The summed E-state index contributed by atoms with van der Waals surface area (Å²) < 4.78 is 98.0. The van der Waals surface area contributed by atoms with Crippen LogP contribution in [0.3, 0.4) is 0 Å². The number of carbonyl (C=O) groups excluding carboxylic acids is 1. The third-order valence-electron chi connectivity index (χ3n) is 5.06. The number of rotatable bonds is 10. The first-order valence-corrected chi connectivity index (χ1v) is 12.5. The molecule has 0 unspecified atom stereocenters. The summed E-state index contributed by atoms with van der Waals surface area (Å²) in [5, 5.41) is 8.32. The number of halogens is 6. The SMILES string of the molecule is CCOc1cc(C(=O)CN2Cc3cc(OCC)c(OCC)c(F)c3C2=N)cc(S(F)(F)(F)(F)F)c1. The molecule has 13 heteroatoms. The zero-order chi connectivity index (χ0) is 26.2. The second kappa shape index (κ2) is 8.54. The van der Waals surface area contributed by atoms with Crippen molar-refractivity contribution >= 4 is 21.8 Å². The fourth-order valence-corrected chi connectivity index (χ4v) is 4.32. The average Bonchev–Trinajstić information content (AvgIpc) is 3.04. The number of hydrogen-bond donors (Lipinski definition) is 1. The van der Waals surface area contributed by atoms with Gasteiger partial charge in [-0.25, -0.2) is 4.39 Å². The molecule has 1 aliphatic rings. The van der Waals surface area contributed by atoms with Crippen LogP contribution >= 0.6 is 10.2 Å². The van der Waals surface area contributed by atoms with Gasteiger partial charge in [0, 0.05) is 18.2 Å². The van der Waals surface area contributed by atoms with Gasteiger partial charge in [-0.1, -0.05) is 19.4 Å². The lowest BCUT2D eigenvalue weighted by Crippen LogP contribution is -2.30. The van der Waals surface area contributed by atoms with Gasteiger partial charge in [-0.15, -0.1) is 0 Å². The molecule has 0 amide bonds. The highest BCUT2D eigenvalue weighted by Gasteiger charge is 2.65. The summed E-state index contributed by atoms with van der Waals surface area (Å²) in [6.45, 7) is 4.20. The number of ether oxygens (including phenoxy) is 3. The van der Waals surface area contributed by atoms with Gasteiger partial charge in [-0.05, 0) is 44.5 Å². The predicted octanol–water partition coefficient (Wildman–Crippen LogP) is 6.70. The van der Waals surface area contributed by atoms with Crippen LogP contribution in [0.25, 0.3) is 0 Å². The summed E-state index contributed by atoms with van der Waals surface area (Å²) in [7, 11) is -10.1. The normalized spacial score (nSPS) is 15.3. The Balaban J connectivity index is 1.95. The lowest BCUT2D eigenvalue weighted by atomic mass is 10.1. The van der Waals surface area contributed by atoms with E-state index < -0.39 is 50.4 Å². The summed E-state index contributed by atoms with van der Waals surface area (Å²) in [6.07, 6.45) is 0. The van der Waals surface area contributed by atoms with Crippen LogP contribution in [0, 0.1) is 11.2 Å². The molecule has 1 heterocycles. The van der Waals surface area contributed by atoms with Crippen LogP contribution in [-0.2, 0) is 6.54 Å². The second-order valence-electron chi connectivity index (χ2n) is 7.64. The van der Waals surface area contributed by atoms with E-state index in [-0.39, 0.29) is 55.6 Å². The number of ketones is 1. The van der Waals surface area contributed by atoms with Crippen LogP contribution in [0.1, 0.15) is 42.3 Å². The topological polar surface area (TPSA) is 71.8 Å². The number of nitrogens with zero attached hydrogens (tertiary/aromatic N) is 1. The fraction of sp³-hybridized carbons (Fsp3) is 0.364. The van der Waals surface area contributed by atoms with Crippen LogP contribution < -0.4 is 14.2 Å². The highest BCUT2D eigenvalue weighted by molar-refractivity contribution is 8.45. The second-order valence-corrected chi connectivity index (χ2v) is 10.1. The number of amidine groups is 1. The molecule has 0 atom stereocenters. The van der Waals surface area contributed by atoms with Crippen molar-refractivity contribution in [2.45, 2.75) is 32.2 Å². The first-order valence-electron chi connectivity index (χ1n) is 10.6. The Kier molecular flexibility index (Phi) is 6.47. The zero-order valence-electron chi connectivity index (χ0n) is 19.1. The molecule has 0 saturated heterocycles. The van der Waals surface area contributed by atoms with E-state index in [9.17, 15) is 24.2 Å². The molecule has 0 radical (unpaired) electrons. The predicted molar refractivity (Wildman–Crippen MR) is 119 cm³/mol. The molecule has 194 valence electrons. The lowest BCUT2D eigenvalue weighted by Gasteiger charge is -2.40. The molecular weight excluding hydrogens is 502 g/mol. The highest BCUT2D eigenvalue weighted by atomic mass is 32.5. The number of Topliss-reactive ketones (excluding diaryl/α,β-unsaturated/α-hetero) is 1. The maximum absolute atomic E-state index is 15.2. The van der Waals surface area contributed by atoms with Crippen molar-refractivity contribution in [2.75, 3.05) is 26.4 Å². The Morgan fingerprint density at radius 2 is 1.60 bits per heavy atom. The minimum absolute atomic E-state index is 0.0697. The van der Waals surface area contributed by atoms with Gasteiger partial charge in [0.2, 0.25) is 0 Å². The summed E-state index contributed by atoms with van der Waals surface area (Å²) in [6, 6.07) is 2.61. The maximum atomic E-state index is 15.2. The largest absolute Gasteiger partial charge is 0.494 e. The van der Waals surface area contributed by atoms with E-state index in [1.807, 2.05) is 0 Å². The Morgan fingerprint density at radius 3 is 2.17 bits per heavy atom. The number of nitrogens with one attached hydrogen (secondary N) is 1. The van der Waals surface area contributed by atoms with Gasteiger partial charge in [0.05, 0.1) is 31.9 Å². The van der Waals surface area contributed by atoms with Crippen molar-refractivity contribution in [3.8, 4) is 17.2 Å². The molecule has 1 N–H and O–H groups in total. The van der Waals surface area contributed by atoms with Crippen LogP contribution in [0.4, 0.5) is 23.8 Å². The van der Waals surface area contributed by atoms with Crippen molar-refractivity contribution in [1.29, 1.82) is 5.41 Å². The molecule has 2 aromatic rings. The van der Waals surface area contributed by atoms with Gasteiger partial charge in [-0.3, -0.25) is 10.2 Å². The fourth-order valence-electron chi connectivity index (χ4n) is 3.63. The van der Waals surface area contributed by atoms with Crippen LogP contribution in [-0.4, -0.2) is 42.9 Å². The number of carbonyl (C=O) groups is 1. The van der Waals surface area contributed by atoms with E-state index in [0.29, 0.717) is 5.56 Å². The van der Waals surface area contributed by atoms with Crippen LogP contribution in [0.5, 0.6) is 17.2 Å². The highest BCUT2D eigenvalue weighted by Crippen LogP contribution is 3.02. The van der Waals surface area contributed by atoms with Crippen molar-refractivity contribution in [2.24, 2.45) is 0 Å². The Bertz CT molecular complexity index is 1190. The molecule has 1 aliphatic heterocycles. The third kappa shape index (κ3) is 5.60. The number of hydrogen-bond acceptors (Lipinski definition) is 5. The molecule has 3 rings (SSSR count). The molecule has 0 aromatic heterocycles. The minimum atomic E-state index is -10.1.